The average molecular weight is 438 g/mol. The summed E-state index contributed by atoms with van der Waals surface area (Å²) in [5.74, 6) is 0.794. The summed E-state index contributed by atoms with van der Waals surface area (Å²) in [5, 5.41) is 5.13. The van der Waals surface area contributed by atoms with Crippen molar-refractivity contribution in [2.75, 3.05) is 26.8 Å². The van der Waals surface area contributed by atoms with Gasteiger partial charge in [0, 0.05) is 23.6 Å². The molecule has 7 heteroatoms. The van der Waals surface area contributed by atoms with Gasteiger partial charge in [-0.3, -0.25) is 9.69 Å². The van der Waals surface area contributed by atoms with Gasteiger partial charge in [-0.15, -0.1) is 0 Å². The summed E-state index contributed by atoms with van der Waals surface area (Å²) >= 11 is 0. The Morgan fingerprint density at radius 2 is 2.09 bits per heavy atom. The second kappa shape index (κ2) is 9.96. The number of rotatable bonds is 8. The smallest absolute Gasteiger partial charge is 0.170 e. The zero-order valence-corrected chi connectivity index (χ0v) is 18.3. The molecule has 3 aromatic rings. The fraction of sp³-hybridized carbons (Fsp3) is 0.360. The summed E-state index contributed by atoms with van der Waals surface area (Å²) < 4.78 is 30.0. The third-order valence-electron chi connectivity index (χ3n) is 5.80. The molecule has 4 rings (SSSR count). The predicted octanol–water partition coefficient (Wildman–Crippen LogP) is 5.34. The zero-order valence-electron chi connectivity index (χ0n) is 18.3. The minimum absolute atomic E-state index is 0.0177. The lowest BCUT2D eigenvalue weighted by Crippen LogP contribution is -2.33. The van der Waals surface area contributed by atoms with E-state index in [1.54, 1.807) is 31.4 Å². The van der Waals surface area contributed by atoms with E-state index in [-0.39, 0.29) is 17.6 Å². The maximum Gasteiger partial charge on any atom is 0.170 e. The highest BCUT2D eigenvalue weighted by Gasteiger charge is 2.27. The van der Waals surface area contributed by atoms with Crippen molar-refractivity contribution in [3.8, 4) is 11.5 Å². The van der Waals surface area contributed by atoms with Crippen LogP contribution in [-0.4, -0.2) is 42.6 Å². The first-order valence-corrected chi connectivity index (χ1v) is 10.8. The Hall–Kier alpha value is -3.19. The van der Waals surface area contributed by atoms with Crippen LogP contribution in [0.4, 0.5) is 4.39 Å². The fourth-order valence-electron chi connectivity index (χ4n) is 4.11. The molecule has 32 heavy (non-hydrogen) atoms. The van der Waals surface area contributed by atoms with Crippen LogP contribution < -0.4 is 9.47 Å². The monoisotopic (exact) mass is 438 g/mol. The van der Waals surface area contributed by atoms with Crippen molar-refractivity contribution in [2.24, 2.45) is 0 Å². The number of halogens is 1. The van der Waals surface area contributed by atoms with Crippen LogP contribution in [-0.2, 0) is 0 Å². The van der Waals surface area contributed by atoms with E-state index in [0.717, 1.165) is 43.4 Å². The molecular weight excluding hydrogens is 411 g/mol. The predicted molar refractivity (Wildman–Crippen MR) is 120 cm³/mol. The van der Waals surface area contributed by atoms with E-state index < -0.39 is 0 Å². The van der Waals surface area contributed by atoms with Crippen molar-refractivity contribution in [1.82, 2.24) is 10.1 Å². The molecule has 0 spiro atoms. The Morgan fingerprint density at radius 3 is 2.91 bits per heavy atom. The zero-order chi connectivity index (χ0) is 22.5. The van der Waals surface area contributed by atoms with Crippen LogP contribution in [0, 0.1) is 5.82 Å². The molecule has 1 aromatic heterocycles. The standard InChI is InChI=1S/C25H27FN2O4/c1-17(29)18-8-11-22(24(15-18)30-2)31-14-6-5-13-28-12-4-3-7-21(28)25-20-10-9-19(26)16-23(20)32-27-25/h5-6,8-11,15-16,21H,3-4,7,12-14H2,1-2H3/b6-5-. The number of likely N-dealkylation sites (tertiary alicyclic amines) is 1. The highest BCUT2D eigenvalue weighted by Crippen LogP contribution is 2.34. The Kier molecular flexibility index (Phi) is 6.85. The Bertz CT molecular complexity index is 1120. The topological polar surface area (TPSA) is 64.8 Å². The van der Waals surface area contributed by atoms with Crippen molar-refractivity contribution in [2.45, 2.75) is 32.2 Å². The highest BCUT2D eigenvalue weighted by molar-refractivity contribution is 5.94. The van der Waals surface area contributed by atoms with Gasteiger partial charge in [-0.1, -0.05) is 23.7 Å². The fourth-order valence-corrected chi connectivity index (χ4v) is 4.11. The number of ketones is 1. The highest BCUT2D eigenvalue weighted by atomic mass is 19.1. The molecule has 6 nitrogen and oxygen atoms in total. The van der Waals surface area contributed by atoms with Gasteiger partial charge in [0.25, 0.3) is 0 Å². The molecule has 1 unspecified atom stereocenters. The van der Waals surface area contributed by atoms with Crippen LogP contribution in [0.2, 0.25) is 0 Å². The number of methoxy groups -OCH3 is 1. The lowest BCUT2D eigenvalue weighted by molar-refractivity contribution is 0.101. The van der Waals surface area contributed by atoms with Crippen LogP contribution in [0.25, 0.3) is 11.0 Å². The number of hydrogen-bond acceptors (Lipinski definition) is 6. The summed E-state index contributed by atoms with van der Waals surface area (Å²) in [6.45, 7) is 3.63. The van der Waals surface area contributed by atoms with Gasteiger partial charge in [-0.25, -0.2) is 4.39 Å². The molecule has 0 N–H and O–H groups in total. The van der Waals surface area contributed by atoms with E-state index in [1.807, 2.05) is 6.08 Å². The molecule has 1 saturated heterocycles. The van der Waals surface area contributed by atoms with Crippen LogP contribution in [0.3, 0.4) is 0 Å². The van der Waals surface area contributed by atoms with Crippen molar-refractivity contribution >= 4 is 16.8 Å². The Balaban J connectivity index is 1.38. The second-order valence-corrected chi connectivity index (χ2v) is 7.92. The molecule has 0 bridgehead atoms. The molecule has 1 aliphatic heterocycles. The van der Waals surface area contributed by atoms with Crippen LogP contribution >= 0.6 is 0 Å². The van der Waals surface area contributed by atoms with Gasteiger partial charge in [0.15, 0.2) is 22.9 Å². The molecule has 2 heterocycles. The van der Waals surface area contributed by atoms with Gasteiger partial charge in [-0.2, -0.15) is 0 Å². The first kappa shape index (κ1) is 22.0. The summed E-state index contributed by atoms with van der Waals surface area (Å²) in [4.78, 5) is 13.9. The minimum atomic E-state index is -0.323. The van der Waals surface area contributed by atoms with E-state index in [4.69, 9.17) is 14.0 Å². The Labute approximate surface area is 186 Å². The van der Waals surface area contributed by atoms with E-state index in [1.165, 1.54) is 19.1 Å². The van der Waals surface area contributed by atoms with Crippen LogP contribution in [0.1, 0.15) is 48.3 Å². The maximum absolute atomic E-state index is 13.5. The number of carbonyl (C=O) groups is 1. The van der Waals surface area contributed by atoms with E-state index in [0.29, 0.717) is 29.3 Å². The quantitative estimate of drug-likeness (QED) is 0.349. The first-order chi connectivity index (χ1) is 15.6. The first-order valence-electron chi connectivity index (χ1n) is 10.8. The second-order valence-electron chi connectivity index (χ2n) is 7.92. The molecule has 0 aliphatic carbocycles. The number of piperidine rings is 1. The number of benzene rings is 2. The molecule has 0 saturated carbocycles. The lowest BCUT2D eigenvalue weighted by atomic mass is 9.97. The van der Waals surface area contributed by atoms with E-state index in [9.17, 15) is 9.18 Å². The SMILES string of the molecule is COc1cc(C(C)=O)ccc1OC/C=C\CN1CCCCC1c1noc2cc(F)ccc12. The largest absolute Gasteiger partial charge is 0.493 e. The molecule has 1 atom stereocenters. The summed E-state index contributed by atoms with van der Waals surface area (Å²) in [5.41, 5.74) is 1.95. The average Bonchev–Trinajstić information content (AvgIpc) is 3.21. The van der Waals surface area contributed by atoms with Gasteiger partial charge < -0.3 is 14.0 Å². The van der Waals surface area contributed by atoms with Gasteiger partial charge in [0.2, 0.25) is 0 Å². The van der Waals surface area contributed by atoms with Crippen molar-refractivity contribution in [3.63, 3.8) is 0 Å². The van der Waals surface area contributed by atoms with E-state index in [2.05, 4.69) is 16.1 Å². The van der Waals surface area contributed by atoms with Gasteiger partial charge >= 0.3 is 0 Å². The normalized spacial score (nSPS) is 17.2. The lowest BCUT2D eigenvalue weighted by Gasteiger charge is -2.33. The van der Waals surface area contributed by atoms with E-state index >= 15 is 0 Å². The van der Waals surface area contributed by atoms with Crippen LogP contribution in [0.5, 0.6) is 11.5 Å². The molecule has 168 valence electrons. The third kappa shape index (κ3) is 4.83. The number of fused-ring (bicyclic) bond motifs is 1. The Morgan fingerprint density at radius 1 is 1.22 bits per heavy atom. The van der Waals surface area contributed by atoms with Gasteiger partial charge in [0.1, 0.15) is 18.1 Å². The van der Waals surface area contributed by atoms with Crippen LogP contribution in [0.15, 0.2) is 53.1 Å². The van der Waals surface area contributed by atoms with Crippen molar-refractivity contribution in [1.29, 1.82) is 0 Å². The number of hydrogen-bond donors (Lipinski definition) is 0. The third-order valence-corrected chi connectivity index (χ3v) is 5.80. The van der Waals surface area contributed by atoms with Crippen molar-refractivity contribution in [3.05, 3.63) is 65.6 Å². The minimum Gasteiger partial charge on any atom is -0.493 e. The summed E-state index contributed by atoms with van der Waals surface area (Å²) in [6.07, 6.45) is 7.30. The van der Waals surface area contributed by atoms with Gasteiger partial charge in [-0.05, 0) is 56.6 Å². The van der Waals surface area contributed by atoms with Crippen molar-refractivity contribution < 1.29 is 23.2 Å². The number of Topliss-reactive ketones (excluding diaryl/α,β-unsaturated/α-hetero) is 1. The summed E-state index contributed by atoms with van der Waals surface area (Å²) in [6, 6.07) is 9.89. The summed E-state index contributed by atoms with van der Waals surface area (Å²) in [7, 11) is 1.56. The number of ether oxygens (including phenoxy) is 2. The number of carbonyl (C=O) groups excluding carboxylic acids is 1. The molecular formula is C25H27FN2O4. The molecule has 0 amide bonds. The molecule has 1 aliphatic rings. The maximum atomic E-state index is 13.5. The molecule has 2 aromatic carbocycles. The van der Waals surface area contributed by atoms with Gasteiger partial charge in [0.05, 0.1) is 13.2 Å². The number of aromatic nitrogens is 1. The molecule has 1 fully saturated rings. The number of nitrogens with zero attached hydrogens (tertiary/aromatic N) is 2. The molecule has 0 radical (unpaired) electrons.